The summed E-state index contributed by atoms with van der Waals surface area (Å²) in [5, 5.41) is 10.2. The van der Waals surface area contributed by atoms with Crippen molar-refractivity contribution < 1.29 is 9.66 Å². The van der Waals surface area contributed by atoms with Crippen molar-refractivity contribution >= 4 is 5.82 Å². The second-order valence-corrected chi connectivity index (χ2v) is 1.95. The molecule has 1 aromatic rings. The van der Waals surface area contributed by atoms with E-state index in [1.165, 1.54) is 18.0 Å². The van der Waals surface area contributed by atoms with Crippen LogP contribution in [-0.4, -0.2) is 21.6 Å². The predicted molar refractivity (Wildman–Crippen MR) is 36.4 cm³/mol. The number of nitro groups is 1. The van der Waals surface area contributed by atoms with Crippen molar-refractivity contribution in [1.29, 1.82) is 0 Å². The van der Waals surface area contributed by atoms with Gasteiger partial charge in [-0.25, -0.2) is 0 Å². The summed E-state index contributed by atoms with van der Waals surface area (Å²) in [6.07, 6.45) is 1.33. The van der Waals surface area contributed by atoms with Gasteiger partial charge >= 0.3 is 5.82 Å². The quantitative estimate of drug-likeness (QED) is 0.458. The van der Waals surface area contributed by atoms with Gasteiger partial charge in [0.05, 0.1) is 7.11 Å². The van der Waals surface area contributed by atoms with Crippen molar-refractivity contribution in [2.75, 3.05) is 7.11 Å². The molecule has 0 amide bonds. The van der Waals surface area contributed by atoms with Crippen LogP contribution in [0.15, 0.2) is 6.33 Å². The van der Waals surface area contributed by atoms with Gasteiger partial charge in [-0.2, -0.15) is 0 Å². The van der Waals surface area contributed by atoms with Gasteiger partial charge in [-0.3, -0.25) is 4.57 Å². The molecular weight excluding hydrogens is 150 g/mol. The summed E-state index contributed by atoms with van der Waals surface area (Å²) in [6.45, 7) is 0. The molecule has 0 bridgehead atoms. The highest BCUT2D eigenvalue weighted by Crippen LogP contribution is 2.22. The van der Waals surface area contributed by atoms with E-state index in [9.17, 15) is 10.1 Å². The third-order valence-corrected chi connectivity index (χ3v) is 1.23. The first-order chi connectivity index (χ1) is 5.16. The van der Waals surface area contributed by atoms with E-state index in [-0.39, 0.29) is 11.7 Å². The minimum absolute atomic E-state index is 0.162. The summed E-state index contributed by atoms with van der Waals surface area (Å²) in [7, 11) is 2.99. The number of methoxy groups -OCH3 is 1. The Morgan fingerprint density at radius 2 is 2.45 bits per heavy atom. The first kappa shape index (κ1) is 7.52. The number of ether oxygens (including phenoxy) is 1. The maximum atomic E-state index is 10.2. The number of hydrogen-bond donors (Lipinski definition) is 0. The molecule has 0 aliphatic carbocycles. The molecule has 6 nitrogen and oxygen atoms in total. The molecule has 1 rings (SSSR count). The molecule has 11 heavy (non-hydrogen) atoms. The number of rotatable bonds is 2. The van der Waals surface area contributed by atoms with Gasteiger partial charge < -0.3 is 14.9 Å². The normalized spacial score (nSPS) is 9.64. The van der Waals surface area contributed by atoms with Crippen LogP contribution < -0.4 is 4.74 Å². The van der Waals surface area contributed by atoms with Crippen LogP contribution >= 0.6 is 0 Å². The molecule has 0 aromatic carbocycles. The molecule has 6 heteroatoms. The number of aryl methyl sites for hydroxylation is 1. The molecule has 1 heterocycles. The molecule has 60 valence electrons. The minimum Gasteiger partial charge on any atom is -0.476 e. The van der Waals surface area contributed by atoms with Crippen molar-refractivity contribution in [1.82, 2.24) is 9.55 Å². The number of nitrogens with zero attached hydrogens (tertiary/aromatic N) is 3. The van der Waals surface area contributed by atoms with Crippen molar-refractivity contribution in [3.63, 3.8) is 0 Å². The third kappa shape index (κ3) is 1.14. The molecule has 0 aliphatic rings. The average molecular weight is 157 g/mol. The largest absolute Gasteiger partial charge is 0.476 e. The summed E-state index contributed by atoms with van der Waals surface area (Å²) in [6, 6.07) is 0. The summed E-state index contributed by atoms with van der Waals surface area (Å²) in [5.74, 6) is -0.0926. The first-order valence-electron chi connectivity index (χ1n) is 2.86. The van der Waals surface area contributed by atoms with Gasteiger partial charge in [0.25, 0.3) is 5.88 Å². The maximum Gasteiger partial charge on any atom is 0.426 e. The Hall–Kier alpha value is -1.59. The summed E-state index contributed by atoms with van der Waals surface area (Å²) < 4.78 is 6.18. The zero-order chi connectivity index (χ0) is 8.43. The van der Waals surface area contributed by atoms with Gasteiger partial charge in [0.1, 0.15) is 0 Å². The van der Waals surface area contributed by atoms with Crippen LogP contribution in [0.3, 0.4) is 0 Å². The Balaban J connectivity index is 3.15. The summed E-state index contributed by atoms with van der Waals surface area (Å²) in [4.78, 5) is 13.2. The summed E-state index contributed by atoms with van der Waals surface area (Å²) >= 11 is 0. The Morgan fingerprint density at radius 1 is 1.82 bits per heavy atom. The van der Waals surface area contributed by atoms with Crippen molar-refractivity contribution in [3.8, 4) is 5.88 Å². The highest BCUT2D eigenvalue weighted by atomic mass is 16.6. The molecule has 1 aromatic heterocycles. The summed E-state index contributed by atoms with van der Waals surface area (Å²) in [5.41, 5.74) is 0. The second kappa shape index (κ2) is 2.57. The average Bonchev–Trinajstić information content (AvgIpc) is 2.30. The second-order valence-electron chi connectivity index (χ2n) is 1.95. The minimum atomic E-state index is -0.584. The van der Waals surface area contributed by atoms with E-state index in [4.69, 9.17) is 4.74 Å². The lowest BCUT2D eigenvalue weighted by molar-refractivity contribution is -0.390. The van der Waals surface area contributed by atoms with E-state index in [1.807, 2.05) is 0 Å². The topological polar surface area (TPSA) is 70.2 Å². The molecule has 0 N–H and O–H groups in total. The fourth-order valence-electron chi connectivity index (χ4n) is 0.767. The van der Waals surface area contributed by atoms with E-state index < -0.39 is 4.92 Å². The Kier molecular flexibility index (Phi) is 1.75. The van der Waals surface area contributed by atoms with E-state index in [0.29, 0.717) is 0 Å². The van der Waals surface area contributed by atoms with Crippen molar-refractivity contribution in [3.05, 3.63) is 16.4 Å². The number of aromatic nitrogens is 2. The molecule has 0 spiro atoms. The smallest absolute Gasteiger partial charge is 0.426 e. The number of hydrogen-bond acceptors (Lipinski definition) is 4. The van der Waals surface area contributed by atoms with Gasteiger partial charge in [-0.15, -0.1) is 0 Å². The molecule has 0 radical (unpaired) electrons. The van der Waals surface area contributed by atoms with Crippen LogP contribution in [0.2, 0.25) is 0 Å². The maximum absolute atomic E-state index is 10.2. The van der Waals surface area contributed by atoms with E-state index in [0.717, 1.165) is 0 Å². The van der Waals surface area contributed by atoms with E-state index in [1.54, 1.807) is 7.05 Å². The molecular formula is C5H7N3O3. The van der Waals surface area contributed by atoms with Crippen molar-refractivity contribution in [2.45, 2.75) is 0 Å². The fourth-order valence-corrected chi connectivity index (χ4v) is 0.767. The van der Waals surface area contributed by atoms with Crippen LogP contribution in [0.25, 0.3) is 0 Å². The van der Waals surface area contributed by atoms with Crippen molar-refractivity contribution in [2.24, 2.45) is 7.05 Å². The molecule has 0 atom stereocenters. The van der Waals surface area contributed by atoms with Crippen LogP contribution in [0, 0.1) is 10.1 Å². The highest BCUT2D eigenvalue weighted by molar-refractivity contribution is 5.33. The Labute approximate surface area is 62.6 Å². The zero-order valence-electron chi connectivity index (χ0n) is 6.14. The van der Waals surface area contributed by atoms with Gasteiger partial charge in [0.15, 0.2) is 0 Å². The van der Waals surface area contributed by atoms with Gasteiger partial charge in [-0.05, 0) is 9.91 Å². The number of imidazole rings is 1. The Bertz CT molecular complexity index is 281. The lowest BCUT2D eigenvalue weighted by atomic mass is 10.7. The SMILES string of the molecule is COc1c([N+](=O)[O-])ncn1C. The standard InChI is InChI=1S/C5H7N3O3/c1-7-3-6-4(8(9)10)5(7)11-2/h3H,1-2H3. The molecule has 0 aliphatic heterocycles. The van der Waals surface area contributed by atoms with Gasteiger partial charge in [0, 0.05) is 7.05 Å². The Morgan fingerprint density at radius 3 is 2.82 bits per heavy atom. The van der Waals surface area contributed by atoms with Gasteiger partial charge in [-0.1, -0.05) is 0 Å². The van der Waals surface area contributed by atoms with Gasteiger partial charge in [0.2, 0.25) is 6.33 Å². The predicted octanol–water partition coefficient (Wildman–Crippen LogP) is 0.337. The third-order valence-electron chi connectivity index (χ3n) is 1.23. The van der Waals surface area contributed by atoms with Crippen LogP contribution in [-0.2, 0) is 7.05 Å². The van der Waals surface area contributed by atoms with Crippen LogP contribution in [0.1, 0.15) is 0 Å². The highest BCUT2D eigenvalue weighted by Gasteiger charge is 2.19. The monoisotopic (exact) mass is 157 g/mol. The zero-order valence-corrected chi connectivity index (χ0v) is 6.14. The van der Waals surface area contributed by atoms with E-state index >= 15 is 0 Å². The fraction of sp³-hybridized carbons (Fsp3) is 0.400. The molecule has 0 saturated carbocycles. The van der Waals surface area contributed by atoms with Crippen LogP contribution in [0.4, 0.5) is 5.82 Å². The first-order valence-corrected chi connectivity index (χ1v) is 2.86. The molecule has 0 saturated heterocycles. The lowest BCUT2D eigenvalue weighted by Gasteiger charge is -1.97. The van der Waals surface area contributed by atoms with E-state index in [2.05, 4.69) is 4.98 Å². The molecule has 0 fully saturated rings. The molecule has 0 unspecified atom stereocenters. The lowest BCUT2D eigenvalue weighted by Crippen LogP contribution is -1.95. The van der Waals surface area contributed by atoms with Crippen LogP contribution in [0.5, 0.6) is 5.88 Å².